The molecule has 5 amide bonds. The van der Waals surface area contributed by atoms with Crippen molar-refractivity contribution in [3.05, 3.63) is 42.5 Å². The Labute approximate surface area is 169 Å². The van der Waals surface area contributed by atoms with Gasteiger partial charge in [0.25, 0.3) is 11.8 Å². The van der Waals surface area contributed by atoms with Crippen molar-refractivity contribution in [2.45, 2.75) is 38.1 Å². The zero-order valence-electron chi connectivity index (χ0n) is 16.5. The van der Waals surface area contributed by atoms with Crippen LogP contribution in [0.1, 0.15) is 43.0 Å². The van der Waals surface area contributed by atoms with Gasteiger partial charge < -0.3 is 16.0 Å². The molecule has 0 radical (unpaired) electrons. The lowest BCUT2D eigenvalue weighted by Gasteiger charge is -2.36. The Morgan fingerprint density at radius 1 is 1.31 bits per heavy atom. The first-order valence-corrected chi connectivity index (χ1v) is 9.81. The van der Waals surface area contributed by atoms with Gasteiger partial charge in [0.05, 0.1) is 11.3 Å². The molecule has 1 spiro atoms. The van der Waals surface area contributed by atoms with Gasteiger partial charge in [0.15, 0.2) is 0 Å². The van der Waals surface area contributed by atoms with Gasteiger partial charge in [-0.1, -0.05) is 38.0 Å². The van der Waals surface area contributed by atoms with Crippen molar-refractivity contribution in [3.8, 4) is 0 Å². The van der Waals surface area contributed by atoms with Gasteiger partial charge in [-0.3, -0.25) is 19.3 Å². The molecule has 1 aliphatic carbocycles. The van der Waals surface area contributed by atoms with Crippen molar-refractivity contribution in [1.82, 2.24) is 15.5 Å². The summed E-state index contributed by atoms with van der Waals surface area (Å²) >= 11 is 0. The smallest absolute Gasteiger partial charge is 0.325 e. The Morgan fingerprint density at radius 2 is 2.07 bits per heavy atom. The van der Waals surface area contributed by atoms with Gasteiger partial charge in [-0.25, -0.2) is 4.79 Å². The van der Waals surface area contributed by atoms with Crippen molar-refractivity contribution >= 4 is 29.4 Å². The van der Waals surface area contributed by atoms with Crippen LogP contribution in [0.2, 0.25) is 0 Å². The number of hydrogen-bond acceptors (Lipinski definition) is 4. The molecule has 1 aromatic carbocycles. The van der Waals surface area contributed by atoms with Gasteiger partial charge in [-0.05, 0) is 30.9 Å². The lowest BCUT2D eigenvalue weighted by Crippen LogP contribution is -2.54. The summed E-state index contributed by atoms with van der Waals surface area (Å²) in [5.74, 6) is -1.22. The second kappa shape index (κ2) is 8.46. The summed E-state index contributed by atoms with van der Waals surface area (Å²) < 4.78 is 0. The fourth-order valence-electron chi connectivity index (χ4n) is 4.02. The van der Waals surface area contributed by atoms with E-state index in [4.69, 9.17) is 0 Å². The van der Waals surface area contributed by atoms with E-state index >= 15 is 0 Å². The average Bonchev–Trinajstić information content (AvgIpc) is 2.93. The summed E-state index contributed by atoms with van der Waals surface area (Å²) in [5.41, 5.74) is -0.304. The highest BCUT2D eigenvalue weighted by Crippen LogP contribution is 2.38. The van der Waals surface area contributed by atoms with Gasteiger partial charge in [0.1, 0.15) is 12.1 Å². The molecule has 0 aromatic heterocycles. The predicted octanol–water partition coefficient (Wildman–Crippen LogP) is 2.04. The van der Waals surface area contributed by atoms with Crippen LogP contribution in [0.3, 0.4) is 0 Å². The van der Waals surface area contributed by atoms with Gasteiger partial charge in [0.2, 0.25) is 5.91 Å². The SMILES string of the molecule is C=CCNC(=O)c1ccccc1NC(=O)CN1C(=O)NC2(CCCCC2C)C1=O. The Kier molecular flexibility index (Phi) is 6.00. The fourth-order valence-corrected chi connectivity index (χ4v) is 4.02. The Hall–Kier alpha value is -3.16. The predicted molar refractivity (Wildman–Crippen MR) is 108 cm³/mol. The summed E-state index contributed by atoms with van der Waals surface area (Å²) in [6.07, 6.45) is 4.89. The first-order chi connectivity index (χ1) is 13.9. The van der Waals surface area contributed by atoms with E-state index in [1.165, 1.54) is 0 Å². The normalized spacial score (nSPS) is 23.6. The van der Waals surface area contributed by atoms with Gasteiger partial charge >= 0.3 is 6.03 Å². The largest absolute Gasteiger partial charge is 0.349 e. The highest BCUT2D eigenvalue weighted by atomic mass is 16.2. The summed E-state index contributed by atoms with van der Waals surface area (Å²) in [4.78, 5) is 51.2. The number of nitrogens with one attached hydrogen (secondary N) is 3. The third-order valence-corrected chi connectivity index (χ3v) is 5.66. The van der Waals surface area contributed by atoms with Crippen LogP contribution in [0.5, 0.6) is 0 Å². The molecule has 2 atom stereocenters. The standard InChI is InChI=1S/C21H26N4O4/c1-3-12-22-18(27)15-9-4-5-10-16(15)23-17(26)13-25-19(28)21(24-20(25)29)11-7-6-8-14(21)2/h3-5,9-10,14H,1,6-8,11-13H2,2H3,(H,22,27)(H,23,26)(H,24,29). The fraction of sp³-hybridized carbons (Fsp3) is 0.429. The molecule has 29 heavy (non-hydrogen) atoms. The lowest BCUT2D eigenvalue weighted by molar-refractivity contribution is -0.136. The molecule has 1 saturated carbocycles. The monoisotopic (exact) mass is 398 g/mol. The molecule has 8 nitrogen and oxygen atoms in total. The lowest BCUT2D eigenvalue weighted by atomic mass is 9.73. The number of hydrogen-bond donors (Lipinski definition) is 3. The number of nitrogens with zero attached hydrogens (tertiary/aromatic N) is 1. The minimum Gasteiger partial charge on any atom is -0.349 e. The van der Waals surface area contributed by atoms with E-state index < -0.39 is 24.0 Å². The summed E-state index contributed by atoms with van der Waals surface area (Å²) in [5, 5.41) is 8.12. The van der Waals surface area contributed by atoms with Gasteiger partial charge in [0, 0.05) is 6.54 Å². The number of para-hydroxylation sites is 1. The molecular formula is C21H26N4O4. The number of carbonyl (C=O) groups is 4. The zero-order valence-corrected chi connectivity index (χ0v) is 16.5. The van der Waals surface area contributed by atoms with E-state index in [9.17, 15) is 19.2 Å². The first-order valence-electron chi connectivity index (χ1n) is 9.81. The molecule has 1 heterocycles. The van der Waals surface area contributed by atoms with Crippen molar-refractivity contribution in [1.29, 1.82) is 0 Å². The van der Waals surface area contributed by atoms with Crippen LogP contribution >= 0.6 is 0 Å². The van der Waals surface area contributed by atoms with Gasteiger partial charge in [-0.2, -0.15) is 0 Å². The van der Waals surface area contributed by atoms with Crippen LogP contribution in [0.15, 0.2) is 36.9 Å². The number of imide groups is 1. The maximum absolute atomic E-state index is 13.0. The molecule has 1 saturated heterocycles. The first kappa shape index (κ1) is 20.6. The topological polar surface area (TPSA) is 108 Å². The van der Waals surface area contributed by atoms with E-state index in [2.05, 4.69) is 22.5 Å². The quantitative estimate of drug-likeness (QED) is 0.503. The van der Waals surface area contributed by atoms with E-state index in [0.717, 1.165) is 24.2 Å². The number of anilines is 1. The van der Waals surface area contributed by atoms with Crippen LogP contribution in [0.25, 0.3) is 0 Å². The second-order valence-electron chi connectivity index (χ2n) is 7.53. The molecule has 3 N–H and O–H groups in total. The Bertz CT molecular complexity index is 853. The van der Waals surface area contributed by atoms with E-state index in [1.807, 2.05) is 6.92 Å². The second-order valence-corrected chi connectivity index (χ2v) is 7.53. The minimum atomic E-state index is -0.905. The van der Waals surface area contributed by atoms with E-state index in [1.54, 1.807) is 30.3 Å². The van der Waals surface area contributed by atoms with Crippen LogP contribution in [0.4, 0.5) is 10.5 Å². The Balaban J connectivity index is 1.70. The molecule has 3 rings (SSSR count). The molecule has 1 aliphatic heterocycles. The average molecular weight is 398 g/mol. The minimum absolute atomic E-state index is 0.0232. The van der Waals surface area contributed by atoms with Gasteiger partial charge in [-0.15, -0.1) is 6.58 Å². The van der Waals surface area contributed by atoms with Crippen molar-refractivity contribution in [2.24, 2.45) is 5.92 Å². The summed E-state index contributed by atoms with van der Waals surface area (Å²) in [6, 6.07) is 6.00. The third-order valence-electron chi connectivity index (χ3n) is 5.66. The van der Waals surface area contributed by atoms with Crippen molar-refractivity contribution in [3.63, 3.8) is 0 Å². The number of urea groups is 1. The van der Waals surface area contributed by atoms with Crippen LogP contribution in [0, 0.1) is 5.92 Å². The number of benzene rings is 1. The maximum atomic E-state index is 13.0. The highest BCUT2D eigenvalue weighted by molar-refractivity contribution is 6.11. The maximum Gasteiger partial charge on any atom is 0.325 e. The van der Waals surface area contributed by atoms with Crippen molar-refractivity contribution < 1.29 is 19.2 Å². The summed E-state index contributed by atoms with van der Waals surface area (Å²) in [7, 11) is 0. The van der Waals surface area contributed by atoms with E-state index in [0.29, 0.717) is 18.7 Å². The molecule has 2 fully saturated rings. The molecule has 154 valence electrons. The van der Waals surface area contributed by atoms with E-state index in [-0.39, 0.29) is 23.3 Å². The number of rotatable bonds is 6. The van der Waals surface area contributed by atoms with Crippen LogP contribution < -0.4 is 16.0 Å². The molecule has 0 bridgehead atoms. The Morgan fingerprint density at radius 3 is 2.79 bits per heavy atom. The van der Waals surface area contributed by atoms with Crippen LogP contribution in [-0.2, 0) is 9.59 Å². The van der Waals surface area contributed by atoms with Crippen LogP contribution in [-0.4, -0.2) is 47.3 Å². The number of amides is 5. The molecular weight excluding hydrogens is 372 g/mol. The highest BCUT2D eigenvalue weighted by Gasteiger charge is 2.55. The van der Waals surface area contributed by atoms with Crippen molar-refractivity contribution in [2.75, 3.05) is 18.4 Å². The molecule has 1 aromatic rings. The zero-order chi connectivity index (χ0) is 21.0. The molecule has 2 unspecified atom stereocenters. The third kappa shape index (κ3) is 4.01. The summed E-state index contributed by atoms with van der Waals surface area (Å²) in [6.45, 7) is 5.40. The molecule has 8 heteroatoms. The number of carbonyl (C=O) groups excluding carboxylic acids is 4. The molecule has 2 aliphatic rings.